The molecule has 0 fully saturated rings. The molecule has 0 spiro atoms. The second-order valence-corrected chi connectivity index (χ2v) is 5.21. The van der Waals surface area contributed by atoms with Crippen molar-refractivity contribution in [2.75, 3.05) is 0 Å². The van der Waals surface area contributed by atoms with Crippen molar-refractivity contribution in [1.82, 2.24) is 9.99 Å². The molecule has 0 atom stereocenters. The fourth-order valence-electron chi connectivity index (χ4n) is 1.65. The molecule has 6 heteroatoms. The van der Waals surface area contributed by atoms with Gasteiger partial charge in [-0.05, 0) is 26.7 Å². The van der Waals surface area contributed by atoms with E-state index >= 15 is 0 Å². The van der Waals surface area contributed by atoms with E-state index in [9.17, 15) is 9.59 Å². The van der Waals surface area contributed by atoms with Gasteiger partial charge in [0.2, 0.25) is 5.91 Å². The Morgan fingerprint density at radius 3 is 2.59 bits per heavy atom. The second kappa shape index (κ2) is 6.56. The second-order valence-electron chi connectivity index (χ2n) is 4.04. The standard InChI is InChI=1S/C11H19N3O2S/c1-8-9(2)17-11(16)14(8)7-5-3-4-6-10(15)13-12/h3-7,12H2,1-2H3,(H,13,15). The molecular formula is C11H19N3O2S. The molecule has 0 aliphatic heterocycles. The van der Waals surface area contributed by atoms with Gasteiger partial charge in [-0.3, -0.25) is 15.0 Å². The maximum absolute atomic E-state index is 11.6. The molecule has 3 N–H and O–H groups in total. The highest BCUT2D eigenvalue weighted by atomic mass is 32.1. The molecule has 1 aromatic rings. The zero-order valence-electron chi connectivity index (χ0n) is 10.3. The number of nitrogens with two attached hydrogens (primary N) is 1. The molecule has 5 nitrogen and oxygen atoms in total. The Bertz CT molecular complexity index is 436. The topological polar surface area (TPSA) is 77.1 Å². The maximum Gasteiger partial charge on any atom is 0.307 e. The van der Waals surface area contributed by atoms with Crippen molar-refractivity contribution in [1.29, 1.82) is 0 Å². The van der Waals surface area contributed by atoms with Crippen molar-refractivity contribution >= 4 is 17.2 Å². The first-order valence-corrected chi connectivity index (χ1v) is 6.54. The first-order valence-electron chi connectivity index (χ1n) is 5.72. The van der Waals surface area contributed by atoms with Gasteiger partial charge in [0.25, 0.3) is 0 Å². The first kappa shape index (κ1) is 13.9. The lowest BCUT2D eigenvalue weighted by molar-refractivity contribution is -0.121. The summed E-state index contributed by atoms with van der Waals surface area (Å²) in [5.74, 6) is 4.84. The van der Waals surface area contributed by atoms with Crippen LogP contribution in [-0.2, 0) is 11.3 Å². The number of hydrazine groups is 1. The number of hydrogen-bond donors (Lipinski definition) is 2. The lowest BCUT2D eigenvalue weighted by atomic mass is 10.2. The van der Waals surface area contributed by atoms with Crippen LogP contribution in [0.3, 0.4) is 0 Å². The predicted molar refractivity (Wildman–Crippen MR) is 68.9 cm³/mol. The number of nitrogens with zero attached hydrogens (tertiary/aromatic N) is 1. The Balaban J connectivity index is 2.32. The van der Waals surface area contributed by atoms with Crippen LogP contribution in [0.15, 0.2) is 4.79 Å². The van der Waals surface area contributed by atoms with Crippen LogP contribution >= 0.6 is 11.3 Å². The minimum Gasteiger partial charge on any atom is -0.303 e. The number of aryl methyl sites for hydroxylation is 1. The van der Waals surface area contributed by atoms with Crippen LogP contribution in [-0.4, -0.2) is 10.5 Å². The molecule has 1 rings (SSSR count). The summed E-state index contributed by atoms with van der Waals surface area (Å²) in [5, 5.41) is 0. The van der Waals surface area contributed by atoms with Gasteiger partial charge >= 0.3 is 4.87 Å². The smallest absolute Gasteiger partial charge is 0.303 e. The molecule has 0 aromatic carbocycles. The molecule has 0 aliphatic rings. The summed E-state index contributed by atoms with van der Waals surface area (Å²) in [4.78, 5) is 23.6. The van der Waals surface area contributed by atoms with E-state index in [1.165, 1.54) is 11.3 Å². The quantitative estimate of drug-likeness (QED) is 0.346. The monoisotopic (exact) mass is 257 g/mol. The molecule has 0 radical (unpaired) electrons. The van der Waals surface area contributed by atoms with Gasteiger partial charge in [-0.25, -0.2) is 5.84 Å². The van der Waals surface area contributed by atoms with Crippen LogP contribution in [0, 0.1) is 13.8 Å². The number of amides is 1. The maximum atomic E-state index is 11.6. The molecule has 0 unspecified atom stereocenters. The summed E-state index contributed by atoms with van der Waals surface area (Å²) >= 11 is 1.29. The molecule has 1 aromatic heterocycles. The lowest BCUT2D eigenvalue weighted by Gasteiger charge is -2.04. The van der Waals surface area contributed by atoms with Crippen molar-refractivity contribution in [3.8, 4) is 0 Å². The van der Waals surface area contributed by atoms with Crippen molar-refractivity contribution in [3.05, 3.63) is 20.2 Å². The summed E-state index contributed by atoms with van der Waals surface area (Å²) < 4.78 is 1.81. The summed E-state index contributed by atoms with van der Waals surface area (Å²) in [6.45, 7) is 4.66. The third-order valence-electron chi connectivity index (χ3n) is 2.82. The number of thiazole rings is 1. The SMILES string of the molecule is Cc1sc(=O)n(CCCCCC(=O)NN)c1C. The summed E-state index contributed by atoms with van der Waals surface area (Å²) in [7, 11) is 0. The highest BCUT2D eigenvalue weighted by molar-refractivity contribution is 7.09. The summed E-state index contributed by atoms with van der Waals surface area (Å²) in [5.41, 5.74) is 3.16. The van der Waals surface area contributed by atoms with Gasteiger partial charge in [0.1, 0.15) is 0 Å². The number of unbranched alkanes of at least 4 members (excludes halogenated alkanes) is 2. The van der Waals surface area contributed by atoms with E-state index in [4.69, 9.17) is 5.84 Å². The Kier molecular flexibility index (Phi) is 5.37. The van der Waals surface area contributed by atoms with Gasteiger partial charge in [-0.2, -0.15) is 0 Å². The van der Waals surface area contributed by atoms with Gasteiger partial charge in [-0.15, -0.1) is 0 Å². The van der Waals surface area contributed by atoms with Crippen molar-refractivity contribution < 1.29 is 4.79 Å². The number of carbonyl (C=O) groups excluding carboxylic acids is 1. The fourth-order valence-corrected chi connectivity index (χ4v) is 2.51. The number of hydrogen-bond acceptors (Lipinski definition) is 4. The Morgan fingerprint density at radius 1 is 1.35 bits per heavy atom. The fraction of sp³-hybridized carbons (Fsp3) is 0.636. The largest absolute Gasteiger partial charge is 0.307 e. The van der Waals surface area contributed by atoms with Crippen molar-refractivity contribution in [2.45, 2.75) is 46.1 Å². The van der Waals surface area contributed by atoms with E-state index in [2.05, 4.69) is 5.43 Å². The van der Waals surface area contributed by atoms with E-state index < -0.39 is 0 Å². The van der Waals surface area contributed by atoms with Gasteiger partial charge in [0.15, 0.2) is 0 Å². The lowest BCUT2D eigenvalue weighted by Crippen LogP contribution is -2.29. The average molecular weight is 257 g/mol. The number of nitrogens with one attached hydrogen (secondary N) is 1. The van der Waals surface area contributed by atoms with Crippen LogP contribution in [0.2, 0.25) is 0 Å². The van der Waals surface area contributed by atoms with Crippen molar-refractivity contribution in [2.24, 2.45) is 5.84 Å². The zero-order valence-corrected chi connectivity index (χ0v) is 11.1. The number of rotatable bonds is 6. The van der Waals surface area contributed by atoms with Crippen LogP contribution in [0.5, 0.6) is 0 Å². The van der Waals surface area contributed by atoms with E-state index in [0.29, 0.717) is 6.42 Å². The third-order valence-corrected chi connectivity index (χ3v) is 3.82. The third kappa shape index (κ3) is 3.98. The predicted octanol–water partition coefficient (Wildman–Crippen LogP) is 1.08. The molecule has 0 saturated carbocycles. The van der Waals surface area contributed by atoms with E-state index in [1.807, 2.05) is 18.4 Å². The van der Waals surface area contributed by atoms with Crippen LogP contribution in [0.1, 0.15) is 36.3 Å². The van der Waals surface area contributed by atoms with E-state index in [-0.39, 0.29) is 10.8 Å². The molecule has 0 saturated heterocycles. The first-order chi connectivity index (χ1) is 8.06. The number of carbonyl (C=O) groups is 1. The van der Waals surface area contributed by atoms with E-state index in [0.717, 1.165) is 36.4 Å². The minimum atomic E-state index is -0.135. The average Bonchev–Trinajstić information content (AvgIpc) is 2.54. The van der Waals surface area contributed by atoms with Crippen molar-refractivity contribution in [3.63, 3.8) is 0 Å². The molecule has 96 valence electrons. The van der Waals surface area contributed by atoms with Crippen LogP contribution in [0.4, 0.5) is 0 Å². The molecule has 0 bridgehead atoms. The van der Waals surface area contributed by atoms with E-state index in [1.54, 1.807) is 0 Å². The summed E-state index contributed by atoms with van der Waals surface area (Å²) in [6.07, 6.45) is 3.09. The molecule has 17 heavy (non-hydrogen) atoms. The van der Waals surface area contributed by atoms with Gasteiger partial charge in [0.05, 0.1) is 0 Å². The van der Waals surface area contributed by atoms with Crippen LogP contribution in [0.25, 0.3) is 0 Å². The van der Waals surface area contributed by atoms with Gasteiger partial charge in [0, 0.05) is 23.5 Å². The zero-order chi connectivity index (χ0) is 12.8. The molecular weight excluding hydrogens is 238 g/mol. The van der Waals surface area contributed by atoms with Gasteiger partial charge in [-0.1, -0.05) is 17.8 Å². The molecule has 0 aliphatic carbocycles. The Labute approximate surface area is 105 Å². The minimum absolute atomic E-state index is 0.111. The molecule has 1 heterocycles. The Hall–Kier alpha value is -1.14. The molecule has 1 amide bonds. The highest BCUT2D eigenvalue weighted by Crippen LogP contribution is 2.11. The Morgan fingerprint density at radius 2 is 2.06 bits per heavy atom. The van der Waals surface area contributed by atoms with Crippen LogP contribution < -0.4 is 16.1 Å². The highest BCUT2D eigenvalue weighted by Gasteiger charge is 2.06. The van der Waals surface area contributed by atoms with Gasteiger partial charge < -0.3 is 4.57 Å². The number of aromatic nitrogens is 1. The normalized spacial score (nSPS) is 10.5. The summed E-state index contributed by atoms with van der Waals surface area (Å²) in [6, 6.07) is 0.